The lowest BCUT2D eigenvalue weighted by Crippen LogP contribution is -2.41. The Hall–Kier alpha value is -3.30. The number of carbonyl (C=O) groups is 2. The average molecular weight is 689 g/mol. The van der Waals surface area contributed by atoms with Gasteiger partial charge in [-0.05, 0) is 123 Å². The van der Waals surface area contributed by atoms with E-state index >= 15 is 0 Å². The Morgan fingerprint density at radius 3 is 1.34 bits per heavy atom. The van der Waals surface area contributed by atoms with Gasteiger partial charge in [0.15, 0.2) is 0 Å². The minimum absolute atomic E-state index is 0.335. The van der Waals surface area contributed by atoms with Gasteiger partial charge in [0.1, 0.15) is 0 Å². The van der Waals surface area contributed by atoms with Gasteiger partial charge in [-0.3, -0.25) is 0 Å². The van der Waals surface area contributed by atoms with Crippen LogP contribution in [-0.4, -0.2) is 50.9 Å². The highest BCUT2D eigenvalue weighted by molar-refractivity contribution is 5.81. The lowest BCUT2D eigenvalue weighted by Gasteiger charge is -2.31. The van der Waals surface area contributed by atoms with Crippen LogP contribution < -0.4 is 0 Å². The van der Waals surface area contributed by atoms with Gasteiger partial charge < -0.3 is 28.4 Å². The molecule has 0 bridgehead atoms. The van der Waals surface area contributed by atoms with Crippen LogP contribution in [0.5, 0.6) is 0 Å². The number of ether oxygens (including phenoxy) is 6. The van der Waals surface area contributed by atoms with Crippen molar-refractivity contribution in [3.8, 4) is 0 Å². The fourth-order valence-corrected chi connectivity index (χ4v) is 7.64. The predicted octanol–water partition coefficient (Wildman–Crippen LogP) is 8.69. The molecule has 8 nitrogen and oxygen atoms in total. The predicted molar refractivity (Wildman–Crippen MR) is 192 cm³/mol. The van der Waals surface area contributed by atoms with Gasteiger partial charge in [-0.1, -0.05) is 61.7 Å². The van der Waals surface area contributed by atoms with E-state index in [9.17, 15) is 9.59 Å². The second-order valence-corrected chi connectivity index (χ2v) is 14.0. The Bertz CT molecular complexity index is 1220. The normalized spacial score (nSPS) is 25.4. The van der Waals surface area contributed by atoms with E-state index in [1.54, 1.807) is 0 Å². The highest BCUT2D eigenvalue weighted by Crippen LogP contribution is 2.39. The molecule has 2 aromatic carbocycles. The smallest absolute Gasteiger partial charge is 0.330 e. The number of rotatable bonds is 18. The van der Waals surface area contributed by atoms with Crippen LogP contribution >= 0.6 is 0 Å². The molecule has 5 rings (SSSR count). The monoisotopic (exact) mass is 688 g/mol. The molecule has 2 aromatic rings. The maximum atomic E-state index is 11.2. The van der Waals surface area contributed by atoms with Crippen molar-refractivity contribution in [2.45, 2.75) is 115 Å². The third kappa shape index (κ3) is 12.2. The van der Waals surface area contributed by atoms with E-state index in [2.05, 4.69) is 61.7 Å². The van der Waals surface area contributed by atoms with Crippen LogP contribution in [-0.2, 0) is 51.2 Å². The summed E-state index contributed by atoms with van der Waals surface area (Å²) in [6.45, 7) is 9.66. The summed E-state index contributed by atoms with van der Waals surface area (Å²) in [5, 5.41) is 0. The van der Waals surface area contributed by atoms with Crippen molar-refractivity contribution >= 4 is 11.9 Å². The van der Waals surface area contributed by atoms with Gasteiger partial charge in [0.2, 0.25) is 12.6 Å². The van der Waals surface area contributed by atoms with E-state index in [-0.39, 0.29) is 11.9 Å². The van der Waals surface area contributed by atoms with Crippen molar-refractivity contribution in [1.29, 1.82) is 0 Å². The maximum absolute atomic E-state index is 11.2. The number of hydrogen-bond acceptors (Lipinski definition) is 8. The van der Waals surface area contributed by atoms with E-state index in [0.717, 1.165) is 36.8 Å². The van der Waals surface area contributed by atoms with Gasteiger partial charge in [0.05, 0.1) is 39.6 Å². The molecule has 1 aliphatic heterocycles. The van der Waals surface area contributed by atoms with Gasteiger partial charge in [-0.15, -0.1) is 0 Å². The molecule has 3 aliphatic rings. The van der Waals surface area contributed by atoms with Crippen LogP contribution in [0.2, 0.25) is 0 Å². The Morgan fingerprint density at radius 2 is 0.980 bits per heavy atom. The molecule has 8 heteroatoms. The molecule has 0 amide bonds. The molecule has 0 N–H and O–H groups in total. The lowest BCUT2D eigenvalue weighted by molar-refractivity contribution is -0.326. The Kier molecular flexibility index (Phi) is 15.6. The fourth-order valence-electron chi connectivity index (χ4n) is 7.64. The van der Waals surface area contributed by atoms with Gasteiger partial charge in [-0.25, -0.2) is 9.59 Å². The Balaban J connectivity index is 0.984. The second-order valence-electron chi connectivity index (χ2n) is 14.0. The minimum Gasteiger partial charge on any atom is -0.463 e. The van der Waals surface area contributed by atoms with Crippen molar-refractivity contribution < 1.29 is 38.0 Å². The van der Waals surface area contributed by atoms with Crippen molar-refractivity contribution in [2.24, 2.45) is 11.8 Å². The first kappa shape index (κ1) is 37.9. The van der Waals surface area contributed by atoms with Crippen LogP contribution in [0.3, 0.4) is 0 Å². The molecule has 272 valence electrons. The highest BCUT2D eigenvalue weighted by atomic mass is 16.8. The third-order valence-electron chi connectivity index (χ3n) is 10.6. The number of carbonyl (C=O) groups excluding carboxylic acids is 2. The summed E-state index contributed by atoms with van der Waals surface area (Å²) in [5.41, 5.74) is 4.99. The first-order valence-electron chi connectivity index (χ1n) is 18.7. The molecular formula is C42H56O8. The van der Waals surface area contributed by atoms with Crippen LogP contribution in [0.4, 0.5) is 0 Å². The summed E-state index contributed by atoms with van der Waals surface area (Å²) >= 11 is 0. The molecule has 0 aromatic heterocycles. The van der Waals surface area contributed by atoms with Gasteiger partial charge in [0.25, 0.3) is 0 Å². The quantitative estimate of drug-likeness (QED) is 0.0874. The van der Waals surface area contributed by atoms with E-state index in [4.69, 9.17) is 28.4 Å². The zero-order chi connectivity index (χ0) is 35.0. The fraction of sp³-hybridized carbons (Fsp3) is 0.571. The molecule has 2 saturated carbocycles. The van der Waals surface area contributed by atoms with Crippen LogP contribution in [0.25, 0.3) is 0 Å². The van der Waals surface area contributed by atoms with Gasteiger partial charge in [0, 0.05) is 12.2 Å². The van der Waals surface area contributed by atoms with Crippen molar-refractivity contribution in [1.82, 2.24) is 0 Å². The third-order valence-corrected chi connectivity index (χ3v) is 10.6. The molecule has 0 unspecified atom stereocenters. The molecule has 0 radical (unpaired) electrons. The average Bonchev–Trinajstić information content (AvgIpc) is 3.17. The van der Waals surface area contributed by atoms with E-state index in [1.165, 1.54) is 74.6 Å². The van der Waals surface area contributed by atoms with E-state index in [0.29, 0.717) is 63.3 Å². The van der Waals surface area contributed by atoms with Gasteiger partial charge in [-0.2, -0.15) is 0 Å². The van der Waals surface area contributed by atoms with Crippen LogP contribution in [0, 0.1) is 11.8 Å². The summed E-state index contributed by atoms with van der Waals surface area (Å²) in [7, 11) is 0. The summed E-state index contributed by atoms with van der Waals surface area (Å²) in [5.74, 6) is 1.94. The molecule has 2 aliphatic carbocycles. The number of benzene rings is 2. The zero-order valence-corrected chi connectivity index (χ0v) is 29.6. The SMILES string of the molecule is C=CC(=O)OCCCC1CCC(c2ccc(CO[C@H]3OCCO[C@@H]3OCc3ccc(C4CCC(CCCOC(=O)C=C)CC4)cc3)cc2)CC1. The molecule has 2 atom stereocenters. The topological polar surface area (TPSA) is 89.5 Å². The Morgan fingerprint density at radius 1 is 0.600 bits per heavy atom. The van der Waals surface area contributed by atoms with Crippen molar-refractivity contribution in [3.63, 3.8) is 0 Å². The van der Waals surface area contributed by atoms with Crippen molar-refractivity contribution in [3.05, 3.63) is 96.1 Å². The molecule has 0 spiro atoms. The molecule has 1 heterocycles. The molecule has 1 saturated heterocycles. The minimum atomic E-state index is -0.581. The van der Waals surface area contributed by atoms with E-state index in [1.807, 2.05) is 0 Å². The standard InChI is InChI=1S/C42H56O8/c1-3-39(43)45-25-5-7-31-9-17-35(18-10-31)37-21-13-33(14-22-37)29-49-41-42(48-28-27-47-41)50-30-34-15-23-38(24-16-34)36-19-11-32(12-20-36)8-6-26-46-40(44)4-2/h3-4,13-16,21-24,31-32,35-36,41-42H,1-2,5-12,17-20,25-30H2/t31?,32?,35?,36?,41-,42-/m1/s1. The zero-order valence-electron chi connectivity index (χ0n) is 29.6. The number of hydrogen-bond donors (Lipinski definition) is 0. The van der Waals surface area contributed by atoms with Crippen LogP contribution in [0.1, 0.15) is 111 Å². The van der Waals surface area contributed by atoms with Gasteiger partial charge >= 0.3 is 11.9 Å². The largest absolute Gasteiger partial charge is 0.463 e. The summed E-state index contributed by atoms with van der Waals surface area (Å²) in [6, 6.07) is 17.6. The summed E-state index contributed by atoms with van der Waals surface area (Å²) in [6.07, 6.45) is 15.0. The molecule has 3 fully saturated rings. The summed E-state index contributed by atoms with van der Waals surface area (Å²) < 4.78 is 34.4. The first-order chi connectivity index (χ1) is 24.5. The highest BCUT2D eigenvalue weighted by Gasteiger charge is 2.29. The van der Waals surface area contributed by atoms with E-state index < -0.39 is 12.6 Å². The lowest BCUT2D eigenvalue weighted by atomic mass is 9.77. The Labute approximate surface area is 298 Å². The molecule has 50 heavy (non-hydrogen) atoms. The van der Waals surface area contributed by atoms with Crippen LogP contribution in [0.15, 0.2) is 73.8 Å². The number of esters is 2. The molecular weight excluding hydrogens is 632 g/mol. The maximum Gasteiger partial charge on any atom is 0.330 e. The second kappa shape index (κ2) is 20.5. The first-order valence-corrected chi connectivity index (χ1v) is 18.7. The summed E-state index contributed by atoms with van der Waals surface area (Å²) in [4.78, 5) is 22.4. The van der Waals surface area contributed by atoms with Crippen molar-refractivity contribution in [2.75, 3.05) is 26.4 Å².